The number of hydrogen-bond donors (Lipinski definition) is 0. The van der Waals surface area contributed by atoms with Gasteiger partial charge in [-0.15, -0.1) is 5.73 Å². The van der Waals surface area contributed by atoms with Gasteiger partial charge in [0.15, 0.2) is 0 Å². The van der Waals surface area contributed by atoms with Crippen molar-refractivity contribution in [1.82, 2.24) is 4.90 Å². The minimum Gasteiger partial charge on any atom is -0.291 e. The van der Waals surface area contributed by atoms with Crippen LogP contribution < -0.4 is 0 Å². The second-order valence-electron chi connectivity index (χ2n) is 7.42. The molecule has 0 N–H and O–H groups in total. The van der Waals surface area contributed by atoms with Crippen molar-refractivity contribution in [3.8, 4) is 0 Å². The largest absolute Gasteiger partial charge is 0.291 e. The first-order valence-electron chi connectivity index (χ1n) is 9.61. The molecule has 142 valence electrons. The van der Waals surface area contributed by atoms with E-state index in [1.54, 1.807) is 0 Å². The zero-order valence-corrected chi connectivity index (χ0v) is 17.5. The number of allylic oxidation sites excluding steroid dienone is 5. The Bertz CT molecular complexity index is 1040. The molecule has 0 aromatic heterocycles. The van der Waals surface area contributed by atoms with E-state index in [1.807, 2.05) is 14.1 Å². The number of aliphatic imine (C=N–C) groups is 1. The van der Waals surface area contributed by atoms with Crippen LogP contribution in [-0.2, 0) is 0 Å². The van der Waals surface area contributed by atoms with Gasteiger partial charge in [-0.05, 0) is 74.3 Å². The highest BCUT2D eigenvalue weighted by Gasteiger charge is 2.22. The maximum absolute atomic E-state index is 4.85. The van der Waals surface area contributed by atoms with Gasteiger partial charge in [-0.2, -0.15) is 0 Å². The SMILES string of the molecule is C=C=C1C(c2ccc(/C(C)=C\C)cc2C)=C/C(=N\CN(C)C)c2ccccc21. The van der Waals surface area contributed by atoms with Crippen molar-refractivity contribution in [2.24, 2.45) is 4.99 Å². The van der Waals surface area contributed by atoms with Crippen molar-refractivity contribution in [2.75, 3.05) is 20.8 Å². The maximum atomic E-state index is 4.85. The summed E-state index contributed by atoms with van der Waals surface area (Å²) in [6.07, 6.45) is 4.33. The summed E-state index contributed by atoms with van der Waals surface area (Å²) < 4.78 is 0. The lowest BCUT2D eigenvalue weighted by Gasteiger charge is -2.23. The van der Waals surface area contributed by atoms with Crippen LogP contribution in [0.4, 0.5) is 0 Å². The molecule has 2 heteroatoms. The van der Waals surface area contributed by atoms with Gasteiger partial charge in [0.05, 0.1) is 12.4 Å². The molecule has 0 atom stereocenters. The molecule has 2 aromatic rings. The number of benzene rings is 2. The first kappa shape index (κ1) is 19.8. The molecule has 2 aromatic carbocycles. The number of fused-ring (bicyclic) bond motifs is 1. The molecule has 28 heavy (non-hydrogen) atoms. The van der Waals surface area contributed by atoms with Gasteiger partial charge in [-0.1, -0.05) is 55.1 Å². The fraction of sp³-hybridized carbons (Fsp3) is 0.231. The standard InChI is InChI=1S/C26H28N2/c1-7-18(3)20-13-14-22(19(4)15-20)25-16-26(27-17-28(5)6)24-12-10-9-11-23(24)21(25)8-2/h7,9-16H,2,17H2,1,3-6H3/b18-7-,27-26+. The third-order valence-electron chi connectivity index (χ3n) is 5.13. The molecule has 0 spiro atoms. The summed E-state index contributed by atoms with van der Waals surface area (Å²) in [4.78, 5) is 6.92. The molecule has 0 bridgehead atoms. The third-order valence-corrected chi connectivity index (χ3v) is 5.13. The molecule has 2 nitrogen and oxygen atoms in total. The summed E-state index contributed by atoms with van der Waals surface area (Å²) in [5, 5.41) is 0. The van der Waals surface area contributed by atoms with Crippen LogP contribution >= 0.6 is 0 Å². The Balaban J connectivity index is 2.19. The van der Waals surface area contributed by atoms with E-state index in [0.29, 0.717) is 6.67 Å². The quantitative estimate of drug-likeness (QED) is 0.605. The summed E-state index contributed by atoms with van der Waals surface area (Å²) in [5.41, 5.74) is 13.6. The van der Waals surface area contributed by atoms with Crippen molar-refractivity contribution in [3.63, 3.8) is 0 Å². The second-order valence-corrected chi connectivity index (χ2v) is 7.42. The van der Waals surface area contributed by atoms with Crippen molar-refractivity contribution >= 4 is 22.4 Å². The van der Waals surface area contributed by atoms with Crippen molar-refractivity contribution in [3.05, 3.63) is 94.7 Å². The minimum atomic E-state index is 0.652. The molecule has 0 aliphatic heterocycles. The van der Waals surface area contributed by atoms with Crippen molar-refractivity contribution < 1.29 is 0 Å². The Morgan fingerprint density at radius 2 is 1.82 bits per heavy atom. The minimum absolute atomic E-state index is 0.652. The van der Waals surface area contributed by atoms with Crippen molar-refractivity contribution in [2.45, 2.75) is 20.8 Å². The number of nitrogens with zero attached hydrogens (tertiary/aromatic N) is 2. The Kier molecular flexibility index (Phi) is 5.94. The lowest BCUT2D eigenvalue weighted by Crippen LogP contribution is -2.16. The fourth-order valence-electron chi connectivity index (χ4n) is 3.49. The van der Waals surface area contributed by atoms with E-state index in [4.69, 9.17) is 4.99 Å². The molecule has 0 saturated carbocycles. The highest BCUT2D eigenvalue weighted by Crippen LogP contribution is 2.38. The van der Waals surface area contributed by atoms with Gasteiger partial charge in [0.1, 0.15) is 0 Å². The molecular formula is C26H28N2. The van der Waals surface area contributed by atoms with E-state index < -0.39 is 0 Å². The topological polar surface area (TPSA) is 15.6 Å². The van der Waals surface area contributed by atoms with Crippen LogP contribution in [0.2, 0.25) is 0 Å². The third kappa shape index (κ3) is 3.84. The van der Waals surface area contributed by atoms with Crippen LogP contribution in [0.5, 0.6) is 0 Å². The van der Waals surface area contributed by atoms with E-state index >= 15 is 0 Å². The van der Waals surface area contributed by atoms with Crippen LogP contribution in [0.3, 0.4) is 0 Å². The molecule has 1 aliphatic rings. The van der Waals surface area contributed by atoms with Crippen LogP contribution in [0.15, 0.2) is 71.9 Å². The summed E-state index contributed by atoms with van der Waals surface area (Å²) in [5.74, 6) is 0. The predicted octanol–water partition coefficient (Wildman–Crippen LogP) is 5.99. The molecule has 0 saturated heterocycles. The zero-order valence-electron chi connectivity index (χ0n) is 17.5. The summed E-state index contributed by atoms with van der Waals surface area (Å²) >= 11 is 0. The van der Waals surface area contributed by atoms with E-state index in [2.05, 4.69) is 92.6 Å². The lowest BCUT2D eigenvalue weighted by atomic mass is 9.81. The average Bonchev–Trinajstić information content (AvgIpc) is 2.70. The summed E-state index contributed by atoms with van der Waals surface area (Å²) in [6.45, 7) is 11.0. The van der Waals surface area contributed by atoms with E-state index in [1.165, 1.54) is 22.3 Å². The van der Waals surface area contributed by atoms with E-state index in [-0.39, 0.29) is 0 Å². The zero-order chi connectivity index (χ0) is 20.3. The van der Waals surface area contributed by atoms with Gasteiger partial charge >= 0.3 is 0 Å². The Morgan fingerprint density at radius 3 is 2.43 bits per heavy atom. The molecule has 0 heterocycles. The maximum Gasteiger partial charge on any atom is 0.0911 e. The van der Waals surface area contributed by atoms with Gasteiger partial charge < -0.3 is 0 Å². The van der Waals surface area contributed by atoms with Gasteiger partial charge in [-0.3, -0.25) is 9.89 Å². The number of rotatable bonds is 4. The van der Waals surface area contributed by atoms with Gasteiger partial charge in [0.2, 0.25) is 0 Å². The fourth-order valence-corrected chi connectivity index (χ4v) is 3.49. The monoisotopic (exact) mass is 368 g/mol. The lowest BCUT2D eigenvalue weighted by molar-refractivity contribution is 0.424. The van der Waals surface area contributed by atoms with Crippen LogP contribution in [-0.4, -0.2) is 31.4 Å². The first-order chi connectivity index (χ1) is 13.5. The molecule has 1 aliphatic carbocycles. The number of hydrogen-bond acceptors (Lipinski definition) is 2. The van der Waals surface area contributed by atoms with E-state index in [0.717, 1.165) is 28.0 Å². The molecule has 0 unspecified atom stereocenters. The number of aryl methyl sites for hydroxylation is 1. The Hall–Kier alpha value is -2.93. The molecule has 3 rings (SSSR count). The highest BCUT2D eigenvalue weighted by atomic mass is 15.1. The second kappa shape index (κ2) is 8.39. The van der Waals surface area contributed by atoms with Gasteiger partial charge in [0.25, 0.3) is 0 Å². The molecule has 0 amide bonds. The first-order valence-corrected chi connectivity index (χ1v) is 9.61. The molecule has 0 fully saturated rings. The Morgan fingerprint density at radius 1 is 1.11 bits per heavy atom. The van der Waals surface area contributed by atoms with Crippen LogP contribution in [0.1, 0.15) is 41.7 Å². The predicted molar refractivity (Wildman–Crippen MR) is 123 cm³/mol. The van der Waals surface area contributed by atoms with Gasteiger partial charge in [0, 0.05) is 11.1 Å². The molecular weight excluding hydrogens is 340 g/mol. The van der Waals surface area contributed by atoms with E-state index in [9.17, 15) is 0 Å². The highest BCUT2D eigenvalue weighted by molar-refractivity contribution is 6.26. The van der Waals surface area contributed by atoms with Crippen LogP contribution in [0.25, 0.3) is 16.7 Å². The Labute approximate surface area is 168 Å². The molecule has 0 radical (unpaired) electrons. The summed E-state index contributed by atoms with van der Waals surface area (Å²) in [6, 6.07) is 15.0. The normalized spacial score (nSPS) is 15.5. The van der Waals surface area contributed by atoms with Crippen LogP contribution in [0, 0.1) is 6.92 Å². The smallest absolute Gasteiger partial charge is 0.0911 e. The van der Waals surface area contributed by atoms with Gasteiger partial charge in [-0.25, -0.2) is 0 Å². The average molecular weight is 369 g/mol. The van der Waals surface area contributed by atoms with Crippen molar-refractivity contribution in [1.29, 1.82) is 0 Å². The summed E-state index contributed by atoms with van der Waals surface area (Å²) in [7, 11) is 4.07.